The molecule has 0 unspecified atom stereocenters. The van der Waals surface area contributed by atoms with Gasteiger partial charge in [0.25, 0.3) is 0 Å². The minimum Gasteiger partial charge on any atom is -0.355 e. The molecule has 0 saturated carbocycles. The maximum absolute atomic E-state index is 6.08. The lowest BCUT2D eigenvalue weighted by Gasteiger charge is -2.22. The standard InChI is InChI=1S/C19H19ClN4/c1-13-14(2)22-18(17-9-4-5-10-21-17)23-19(13)24(3)12-15-7-6-8-16(20)11-15/h4-11H,12H2,1-3H3. The Morgan fingerprint density at radius 3 is 2.58 bits per heavy atom. The van der Waals surface area contributed by atoms with Crippen LogP contribution in [0.3, 0.4) is 0 Å². The van der Waals surface area contributed by atoms with Crippen LogP contribution in [0.5, 0.6) is 0 Å². The van der Waals surface area contributed by atoms with Crippen molar-refractivity contribution in [2.75, 3.05) is 11.9 Å². The van der Waals surface area contributed by atoms with Gasteiger partial charge in [-0.3, -0.25) is 4.98 Å². The summed E-state index contributed by atoms with van der Waals surface area (Å²) in [5, 5.41) is 0.741. The molecule has 122 valence electrons. The summed E-state index contributed by atoms with van der Waals surface area (Å²) in [7, 11) is 2.03. The van der Waals surface area contributed by atoms with Gasteiger partial charge in [0.05, 0.1) is 0 Å². The highest BCUT2D eigenvalue weighted by Gasteiger charge is 2.14. The predicted octanol–water partition coefficient (Wildman–Crippen LogP) is 4.45. The van der Waals surface area contributed by atoms with Crippen molar-refractivity contribution in [1.29, 1.82) is 0 Å². The third-order valence-electron chi connectivity index (χ3n) is 3.93. The van der Waals surface area contributed by atoms with E-state index in [1.807, 2.05) is 57.3 Å². The normalized spacial score (nSPS) is 10.7. The number of benzene rings is 1. The fourth-order valence-corrected chi connectivity index (χ4v) is 2.79. The number of halogens is 1. The van der Waals surface area contributed by atoms with Crippen LogP contribution in [-0.4, -0.2) is 22.0 Å². The highest BCUT2D eigenvalue weighted by Crippen LogP contribution is 2.24. The largest absolute Gasteiger partial charge is 0.355 e. The lowest BCUT2D eigenvalue weighted by molar-refractivity contribution is 0.876. The summed E-state index contributed by atoms with van der Waals surface area (Å²) in [6.45, 7) is 4.76. The van der Waals surface area contributed by atoms with Crippen molar-refractivity contribution >= 4 is 17.4 Å². The summed E-state index contributed by atoms with van der Waals surface area (Å²) in [6.07, 6.45) is 1.75. The summed E-state index contributed by atoms with van der Waals surface area (Å²) in [6, 6.07) is 13.6. The van der Waals surface area contributed by atoms with Crippen molar-refractivity contribution in [2.45, 2.75) is 20.4 Å². The fraction of sp³-hybridized carbons (Fsp3) is 0.211. The van der Waals surface area contributed by atoms with Gasteiger partial charge in [-0.25, -0.2) is 9.97 Å². The van der Waals surface area contributed by atoms with E-state index < -0.39 is 0 Å². The van der Waals surface area contributed by atoms with Crippen molar-refractivity contribution in [3.8, 4) is 11.5 Å². The van der Waals surface area contributed by atoms with Gasteiger partial charge in [0.2, 0.25) is 0 Å². The molecule has 0 aliphatic carbocycles. The van der Waals surface area contributed by atoms with Crippen LogP contribution in [0.2, 0.25) is 5.02 Å². The number of rotatable bonds is 4. The quantitative estimate of drug-likeness (QED) is 0.705. The second-order valence-electron chi connectivity index (χ2n) is 5.78. The van der Waals surface area contributed by atoms with E-state index in [1.165, 1.54) is 0 Å². The van der Waals surface area contributed by atoms with Gasteiger partial charge in [-0.15, -0.1) is 0 Å². The first kappa shape index (κ1) is 16.4. The number of anilines is 1. The van der Waals surface area contributed by atoms with Gasteiger partial charge in [0, 0.05) is 36.1 Å². The van der Waals surface area contributed by atoms with Gasteiger partial charge < -0.3 is 4.90 Å². The molecule has 2 aromatic heterocycles. The van der Waals surface area contributed by atoms with Gasteiger partial charge in [-0.1, -0.05) is 29.8 Å². The molecule has 2 heterocycles. The van der Waals surface area contributed by atoms with Crippen LogP contribution >= 0.6 is 11.6 Å². The molecule has 0 aliphatic heterocycles. The Kier molecular flexibility index (Phi) is 4.76. The smallest absolute Gasteiger partial charge is 0.180 e. The third-order valence-corrected chi connectivity index (χ3v) is 4.16. The number of pyridine rings is 1. The molecule has 24 heavy (non-hydrogen) atoms. The van der Waals surface area contributed by atoms with Crippen LogP contribution in [0.4, 0.5) is 5.82 Å². The minimum absolute atomic E-state index is 0.645. The average Bonchev–Trinajstić information content (AvgIpc) is 2.58. The van der Waals surface area contributed by atoms with Crippen molar-refractivity contribution in [3.05, 3.63) is 70.5 Å². The van der Waals surface area contributed by atoms with Crippen LogP contribution in [-0.2, 0) is 6.54 Å². The van der Waals surface area contributed by atoms with Gasteiger partial charge in [-0.05, 0) is 43.7 Å². The first-order valence-corrected chi connectivity index (χ1v) is 8.14. The van der Waals surface area contributed by atoms with Gasteiger partial charge in [-0.2, -0.15) is 0 Å². The Morgan fingerprint density at radius 2 is 1.88 bits per heavy atom. The zero-order chi connectivity index (χ0) is 17.1. The Hall–Kier alpha value is -2.46. The molecular weight excluding hydrogens is 320 g/mol. The first-order chi connectivity index (χ1) is 11.5. The molecule has 4 nitrogen and oxygen atoms in total. The molecule has 3 aromatic rings. The van der Waals surface area contributed by atoms with E-state index in [0.29, 0.717) is 5.82 Å². The van der Waals surface area contributed by atoms with E-state index in [4.69, 9.17) is 16.6 Å². The zero-order valence-electron chi connectivity index (χ0n) is 14.0. The maximum atomic E-state index is 6.08. The molecule has 0 radical (unpaired) electrons. The summed E-state index contributed by atoms with van der Waals surface area (Å²) in [5.74, 6) is 1.55. The van der Waals surface area contributed by atoms with E-state index >= 15 is 0 Å². The van der Waals surface area contributed by atoms with E-state index in [1.54, 1.807) is 6.20 Å². The molecule has 0 N–H and O–H groups in total. The van der Waals surface area contributed by atoms with Gasteiger partial charge >= 0.3 is 0 Å². The number of hydrogen-bond donors (Lipinski definition) is 0. The van der Waals surface area contributed by atoms with Crippen molar-refractivity contribution in [3.63, 3.8) is 0 Å². The first-order valence-electron chi connectivity index (χ1n) is 7.77. The number of aryl methyl sites for hydroxylation is 1. The van der Waals surface area contributed by atoms with Crippen LogP contribution in [0.1, 0.15) is 16.8 Å². The number of nitrogens with zero attached hydrogens (tertiary/aromatic N) is 4. The highest BCUT2D eigenvalue weighted by atomic mass is 35.5. The van der Waals surface area contributed by atoms with E-state index in [2.05, 4.69) is 20.9 Å². The topological polar surface area (TPSA) is 41.9 Å². The van der Waals surface area contributed by atoms with Crippen molar-refractivity contribution in [2.24, 2.45) is 0 Å². The molecule has 5 heteroatoms. The average molecular weight is 339 g/mol. The lowest BCUT2D eigenvalue weighted by Crippen LogP contribution is -2.20. The molecule has 0 saturated heterocycles. The zero-order valence-corrected chi connectivity index (χ0v) is 14.7. The van der Waals surface area contributed by atoms with Crippen molar-refractivity contribution in [1.82, 2.24) is 15.0 Å². The van der Waals surface area contributed by atoms with E-state index in [0.717, 1.165) is 39.9 Å². The minimum atomic E-state index is 0.645. The Balaban J connectivity index is 1.96. The highest BCUT2D eigenvalue weighted by molar-refractivity contribution is 6.30. The molecule has 0 fully saturated rings. The van der Waals surface area contributed by atoms with Gasteiger partial charge in [0.15, 0.2) is 5.82 Å². The Labute approximate surface area is 147 Å². The fourth-order valence-electron chi connectivity index (χ4n) is 2.58. The molecule has 0 atom stereocenters. The van der Waals surface area contributed by atoms with E-state index in [-0.39, 0.29) is 0 Å². The Morgan fingerprint density at radius 1 is 1.04 bits per heavy atom. The second kappa shape index (κ2) is 6.97. The summed E-state index contributed by atoms with van der Waals surface area (Å²) in [4.78, 5) is 15.8. The molecule has 0 aliphatic rings. The SMILES string of the molecule is Cc1nc(-c2ccccn2)nc(N(C)Cc2cccc(Cl)c2)c1C. The molecule has 1 aromatic carbocycles. The molecule has 0 bridgehead atoms. The monoisotopic (exact) mass is 338 g/mol. The predicted molar refractivity (Wildman–Crippen MR) is 98.3 cm³/mol. The summed E-state index contributed by atoms with van der Waals surface area (Å²) < 4.78 is 0. The van der Waals surface area contributed by atoms with Crippen LogP contribution in [0.25, 0.3) is 11.5 Å². The van der Waals surface area contributed by atoms with Crippen LogP contribution in [0, 0.1) is 13.8 Å². The summed E-state index contributed by atoms with van der Waals surface area (Å²) in [5.41, 5.74) is 3.94. The molecule has 0 amide bonds. The molecule has 0 spiro atoms. The van der Waals surface area contributed by atoms with Crippen LogP contribution in [0.15, 0.2) is 48.7 Å². The van der Waals surface area contributed by atoms with Gasteiger partial charge in [0.1, 0.15) is 11.5 Å². The second-order valence-corrected chi connectivity index (χ2v) is 6.22. The maximum Gasteiger partial charge on any atom is 0.180 e. The lowest BCUT2D eigenvalue weighted by atomic mass is 10.2. The van der Waals surface area contributed by atoms with E-state index in [9.17, 15) is 0 Å². The number of hydrogen-bond acceptors (Lipinski definition) is 4. The van der Waals surface area contributed by atoms with Crippen molar-refractivity contribution < 1.29 is 0 Å². The molecular formula is C19H19ClN4. The number of aromatic nitrogens is 3. The third kappa shape index (κ3) is 3.54. The van der Waals surface area contributed by atoms with Crippen LogP contribution < -0.4 is 4.90 Å². The Bertz CT molecular complexity index is 849. The summed E-state index contributed by atoms with van der Waals surface area (Å²) >= 11 is 6.08. The molecule has 3 rings (SSSR count).